The summed E-state index contributed by atoms with van der Waals surface area (Å²) in [6, 6.07) is 19.2. The van der Waals surface area contributed by atoms with Gasteiger partial charge in [-0.15, -0.1) is 0 Å². The predicted molar refractivity (Wildman–Crippen MR) is 165 cm³/mol. The third-order valence-electron chi connectivity index (χ3n) is 5.96. The van der Waals surface area contributed by atoms with Gasteiger partial charge in [-0.3, -0.25) is 0 Å². The monoisotopic (exact) mass is 583 g/mol. The Kier molecular flexibility index (Phi) is 10.2. The molecule has 1 atom stereocenters. The zero-order valence-corrected chi connectivity index (χ0v) is 25.0. The number of esters is 1. The summed E-state index contributed by atoms with van der Waals surface area (Å²) in [7, 11) is 0. The lowest BCUT2D eigenvalue weighted by Crippen LogP contribution is -2.32. The minimum Gasteiger partial charge on any atom is -0.462 e. The van der Waals surface area contributed by atoms with Crippen LogP contribution in [0.5, 0.6) is 0 Å². The Bertz CT molecular complexity index is 1540. The van der Waals surface area contributed by atoms with Crippen molar-refractivity contribution in [2.24, 2.45) is 0 Å². The first kappa shape index (κ1) is 30.9. The summed E-state index contributed by atoms with van der Waals surface area (Å²) in [4.78, 5) is 42.6. The number of rotatable bonds is 11. The summed E-state index contributed by atoms with van der Waals surface area (Å²) in [5.74, 6) is 1.06. The van der Waals surface area contributed by atoms with Gasteiger partial charge in [0.05, 0.1) is 6.61 Å². The van der Waals surface area contributed by atoms with Crippen LogP contribution in [0.1, 0.15) is 56.1 Å². The summed E-state index contributed by atoms with van der Waals surface area (Å²) in [5, 5.41) is 9.26. The zero-order valence-electron chi connectivity index (χ0n) is 25.0. The van der Waals surface area contributed by atoms with Crippen molar-refractivity contribution in [3.05, 3.63) is 89.7 Å². The highest BCUT2D eigenvalue weighted by Gasteiger charge is 2.18. The number of hydrogen-bond donors (Lipinski definition) is 3. The molecule has 11 nitrogen and oxygen atoms in total. The van der Waals surface area contributed by atoms with Crippen LogP contribution in [0.2, 0.25) is 0 Å². The Balaban J connectivity index is 1.43. The van der Waals surface area contributed by atoms with E-state index in [0.717, 1.165) is 16.7 Å². The van der Waals surface area contributed by atoms with E-state index in [9.17, 15) is 9.59 Å². The van der Waals surface area contributed by atoms with Crippen molar-refractivity contribution in [2.45, 2.75) is 59.2 Å². The van der Waals surface area contributed by atoms with Gasteiger partial charge in [-0.2, -0.15) is 4.98 Å². The maximum absolute atomic E-state index is 12.6. The van der Waals surface area contributed by atoms with Crippen LogP contribution in [-0.2, 0) is 22.4 Å². The SMILES string of the molecule is CCOC(=O)c1cnc(-c2ccccc2)nc1Nc1ccnc(N[C@@H](C)Cc2cccc(CNC(=O)OC(C)(C)C)c2)n1. The number of amides is 1. The smallest absolute Gasteiger partial charge is 0.407 e. The van der Waals surface area contributed by atoms with Gasteiger partial charge in [0, 0.05) is 30.5 Å². The van der Waals surface area contributed by atoms with Crippen molar-refractivity contribution >= 4 is 29.6 Å². The second-order valence-corrected chi connectivity index (χ2v) is 10.9. The van der Waals surface area contributed by atoms with Gasteiger partial charge in [0.1, 0.15) is 22.8 Å². The summed E-state index contributed by atoms with van der Waals surface area (Å²) >= 11 is 0. The molecule has 0 bridgehead atoms. The maximum Gasteiger partial charge on any atom is 0.407 e. The van der Waals surface area contributed by atoms with Gasteiger partial charge in [-0.1, -0.05) is 54.6 Å². The number of alkyl carbamates (subject to hydrolysis) is 1. The highest BCUT2D eigenvalue weighted by atomic mass is 16.6. The van der Waals surface area contributed by atoms with E-state index >= 15 is 0 Å². The minimum absolute atomic E-state index is 0.0110. The average Bonchev–Trinajstić information content (AvgIpc) is 2.96. The fourth-order valence-corrected chi connectivity index (χ4v) is 4.16. The highest BCUT2D eigenvalue weighted by Crippen LogP contribution is 2.23. The third-order valence-corrected chi connectivity index (χ3v) is 5.96. The lowest BCUT2D eigenvalue weighted by Gasteiger charge is -2.20. The molecule has 0 spiro atoms. The lowest BCUT2D eigenvalue weighted by molar-refractivity contribution is 0.0514. The third kappa shape index (κ3) is 9.49. The molecule has 3 N–H and O–H groups in total. The molecule has 2 heterocycles. The van der Waals surface area contributed by atoms with Crippen molar-refractivity contribution < 1.29 is 19.1 Å². The first-order valence-electron chi connectivity index (χ1n) is 14.1. The topological polar surface area (TPSA) is 140 Å². The van der Waals surface area contributed by atoms with Gasteiger partial charge in [-0.25, -0.2) is 24.5 Å². The van der Waals surface area contributed by atoms with Gasteiger partial charge in [0.25, 0.3) is 0 Å². The standard InChI is InChI=1S/C32H37N7O4/c1-6-42-29(40)25-20-34-27(24-13-8-7-9-14-24)39-28(25)37-26-15-16-33-30(38-26)36-21(2)17-22-11-10-12-23(18-22)19-35-31(41)43-32(3,4)5/h7-16,18,20-21H,6,17,19H2,1-5H3,(H,35,41)(H2,33,34,36,37,38,39)/t21-/m0/s1. The molecule has 0 radical (unpaired) electrons. The lowest BCUT2D eigenvalue weighted by atomic mass is 10.0. The second-order valence-electron chi connectivity index (χ2n) is 10.9. The van der Waals surface area contributed by atoms with Crippen LogP contribution in [0.3, 0.4) is 0 Å². The van der Waals surface area contributed by atoms with E-state index in [1.807, 2.05) is 82.3 Å². The number of benzene rings is 2. The molecule has 4 rings (SSSR count). The first-order valence-corrected chi connectivity index (χ1v) is 14.1. The van der Waals surface area contributed by atoms with Crippen LogP contribution in [0.4, 0.5) is 22.4 Å². The van der Waals surface area contributed by atoms with E-state index in [2.05, 4.69) is 35.9 Å². The fraction of sp³-hybridized carbons (Fsp3) is 0.312. The second kappa shape index (κ2) is 14.2. The Morgan fingerprint density at radius 3 is 2.47 bits per heavy atom. The van der Waals surface area contributed by atoms with Crippen LogP contribution in [0.15, 0.2) is 73.1 Å². The molecule has 0 aliphatic heterocycles. The van der Waals surface area contributed by atoms with Gasteiger partial charge in [0.2, 0.25) is 5.95 Å². The van der Waals surface area contributed by atoms with Crippen molar-refractivity contribution in [1.29, 1.82) is 0 Å². The molecule has 4 aromatic rings. The predicted octanol–water partition coefficient (Wildman–Crippen LogP) is 5.92. The number of nitrogens with one attached hydrogen (secondary N) is 3. The van der Waals surface area contributed by atoms with Crippen LogP contribution in [0.25, 0.3) is 11.4 Å². The van der Waals surface area contributed by atoms with Crippen LogP contribution in [0, 0.1) is 0 Å². The van der Waals surface area contributed by atoms with Crippen LogP contribution in [-0.4, -0.2) is 50.2 Å². The summed E-state index contributed by atoms with van der Waals surface area (Å²) in [6.07, 6.45) is 3.32. The molecule has 224 valence electrons. The molecule has 2 aromatic carbocycles. The molecular formula is C32H37N7O4. The van der Waals surface area contributed by atoms with Crippen LogP contribution < -0.4 is 16.0 Å². The summed E-state index contributed by atoms with van der Waals surface area (Å²) < 4.78 is 10.5. The minimum atomic E-state index is -0.551. The Hall–Kier alpha value is -5.06. The van der Waals surface area contributed by atoms with Crippen molar-refractivity contribution in [1.82, 2.24) is 25.3 Å². The molecule has 0 saturated carbocycles. The fourth-order valence-electron chi connectivity index (χ4n) is 4.16. The molecule has 0 saturated heterocycles. The zero-order chi connectivity index (χ0) is 30.8. The van der Waals surface area contributed by atoms with E-state index in [0.29, 0.717) is 30.6 Å². The molecule has 0 fully saturated rings. The Labute approximate surface area is 251 Å². The molecule has 0 unspecified atom stereocenters. The van der Waals surface area contributed by atoms with E-state index in [1.54, 1.807) is 19.2 Å². The molecule has 0 aliphatic rings. The van der Waals surface area contributed by atoms with Crippen molar-refractivity contribution in [2.75, 3.05) is 17.2 Å². The highest BCUT2D eigenvalue weighted by molar-refractivity contribution is 5.95. The van der Waals surface area contributed by atoms with E-state index in [-0.39, 0.29) is 24.0 Å². The number of nitrogens with zero attached hydrogens (tertiary/aromatic N) is 4. The number of aromatic nitrogens is 4. The maximum atomic E-state index is 12.6. The molecule has 2 aromatic heterocycles. The van der Waals surface area contributed by atoms with Crippen LogP contribution >= 0.6 is 0 Å². The number of ether oxygens (including phenoxy) is 2. The molecule has 11 heteroatoms. The van der Waals surface area contributed by atoms with E-state index in [1.165, 1.54) is 6.20 Å². The Morgan fingerprint density at radius 2 is 1.72 bits per heavy atom. The molecular weight excluding hydrogens is 546 g/mol. The molecule has 0 aliphatic carbocycles. The van der Waals surface area contributed by atoms with Crippen molar-refractivity contribution in [3.63, 3.8) is 0 Å². The first-order chi connectivity index (χ1) is 20.6. The number of anilines is 3. The summed E-state index contributed by atoms with van der Waals surface area (Å²) in [6.45, 7) is 9.85. The Morgan fingerprint density at radius 1 is 0.953 bits per heavy atom. The van der Waals surface area contributed by atoms with Gasteiger partial charge in [-0.05, 0) is 58.2 Å². The summed E-state index contributed by atoms with van der Waals surface area (Å²) in [5.41, 5.74) is 2.51. The van der Waals surface area contributed by atoms with Gasteiger partial charge >= 0.3 is 12.1 Å². The normalized spacial score (nSPS) is 11.7. The van der Waals surface area contributed by atoms with Gasteiger partial charge in [0.15, 0.2) is 5.82 Å². The molecule has 43 heavy (non-hydrogen) atoms. The van der Waals surface area contributed by atoms with E-state index in [4.69, 9.17) is 9.47 Å². The number of carbonyl (C=O) groups excluding carboxylic acids is 2. The van der Waals surface area contributed by atoms with Gasteiger partial charge < -0.3 is 25.4 Å². The molecule has 1 amide bonds. The number of hydrogen-bond acceptors (Lipinski definition) is 10. The largest absolute Gasteiger partial charge is 0.462 e. The quantitative estimate of drug-likeness (QED) is 0.182. The number of carbonyl (C=O) groups is 2. The van der Waals surface area contributed by atoms with E-state index < -0.39 is 17.7 Å². The van der Waals surface area contributed by atoms with Crippen molar-refractivity contribution in [3.8, 4) is 11.4 Å². The average molecular weight is 584 g/mol.